The fourth-order valence-electron chi connectivity index (χ4n) is 2.35. The quantitative estimate of drug-likeness (QED) is 0.674. The lowest BCUT2D eigenvalue weighted by atomic mass is 10.1. The Labute approximate surface area is 127 Å². The van der Waals surface area contributed by atoms with E-state index >= 15 is 0 Å². The highest BCUT2D eigenvalue weighted by Gasteiger charge is 2.13. The number of nitrogens with zero attached hydrogens (tertiary/aromatic N) is 1. The second-order valence-corrected chi connectivity index (χ2v) is 5.32. The lowest BCUT2D eigenvalue weighted by Gasteiger charge is -2.24. The number of aliphatic hydroxyl groups excluding tert-OH is 1. The zero-order chi connectivity index (χ0) is 15.7. The minimum Gasteiger partial charge on any atom is -0.490 e. The molecule has 1 aromatic carbocycles. The van der Waals surface area contributed by atoms with Crippen molar-refractivity contribution in [2.45, 2.75) is 39.7 Å². The van der Waals surface area contributed by atoms with Gasteiger partial charge < -0.3 is 14.7 Å². The number of ether oxygens (including phenoxy) is 1. The topological polar surface area (TPSA) is 49.8 Å². The number of benzene rings is 1. The van der Waals surface area contributed by atoms with Gasteiger partial charge in [-0.2, -0.15) is 0 Å². The first-order chi connectivity index (χ1) is 10.1. The van der Waals surface area contributed by atoms with E-state index in [1.807, 2.05) is 12.1 Å². The summed E-state index contributed by atoms with van der Waals surface area (Å²) in [6.07, 6.45) is 1.59. The third kappa shape index (κ3) is 6.27. The first kappa shape index (κ1) is 17.7. The Morgan fingerprint density at radius 2 is 1.86 bits per heavy atom. The molecule has 0 aliphatic heterocycles. The predicted octanol–water partition coefficient (Wildman–Crippen LogP) is 2.75. The molecule has 0 saturated heterocycles. The average Bonchev–Trinajstić information content (AvgIpc) is 2.46. The normalized spacial score (nSPS) is 12.4. The highest BCUT2D eigenvalue weighted by molar-refractivity contribution is 5.96. The Bertz CT molecular complexity index is 428. The van der Waals surface area contributed by atoms with Crippen molar-refractivity contribution >= 4 is 5.78 Å². The standard InChI is InChI=1S/C17H27NO3/c1-4-10-18(11-5-2)12-15(20)13-21-17-9-7-6-8-16(17)14(3)19/h6-9,15,20H,4-5,10-13H2,1-3H3. The van der Waals surface area contributed by atoms with Crippen LogP contribution in [0.4, 0.5) is 0 Å². The fraction of sp³-hybridized carbons (Fsp3) is 0.588. The van der Waals surface area contributed by atoms with Crippen LogP contribution in [0.2, 0.25) is 0 Å². The molecule has 21 heavy (non-hydrogen) atoms. The number of carbonyl (C=O) groups is 1. The predicted molar refractivity (Wildman–Crippen MR) is 85.0 cm³/mol. The van der Waals surface area contributed by atoms with Crippen molar-refractivity contribution in [3.05, 3.63) is 29.8 Å². The molecule has 4 heteroatoms. The Morgan fingerprint density at radius 1 is 1.24 bits per heavy atom. The van der Waals surface area contributed by atoms with E-state index in [1.54, 1.807) is 12.1 Å². The molecule has 1 atom stereocenters. The number of Topliss-reactive ketones (excluding diaryl/α,β-unsaturated/α-hetero) is 1. The Balaban J connectivity index is 2.52. The van der Waals surface area contributed by atoms with Gasteiger partial charge in [-0.3, -0.25) is 4.79 Å². The largest absolute Gasteiger partial charge is 0.490 e. The van der Waals surface area contributed by atoms with E-state index in [4.69, 9.17) is 4.74 Å². The van der Waals surface area contributed by atoms with Crippen molar-refractivity contribution in [2.75, 3.05) is 26.2 Å². The Kier molecular flexibility index (Phi) is 8.01. The van der Waals surface area contributed by atoms with E-state index in [0.717, 1.165) is 25.9 Å². The average molecular weight is 293 g/mol. The summed E-state index contributed by atoms with van der Waals surface area (Å²) in [6, 6.07) is 7.14. The second kappa shape index (κ2) is 9.53. The SMILES string of the molecule is CCCN(CCC)CC(O)COc1ccccc1C(C)=O. The van der Waals surface area contributed by atoms with Gasteiger partial charge in [0.1, 0.15) is 18.5 Å². The minimum atomic E-state index is -0.553. The molecule has 118 valence electrons. The molecule has 4 nitrogen and oxygen atoms in total. The number of carbonyl (C=O) groups excluding carboxylic acids is 1. The van der Waals surface area contributed by atoms with Gasteiger partial charge in [0.2, 0.25) is 0 Å². The number of hydrogen-bond acceptors (Lipinski definition) is 4. The van der Waals surface area contributed by atoms with Crippen LogP contribution in [-0.4, -0.2) is 48.1 Å². The van der Waals surface area contributed by atoms with Gasteiger partial charge in [-0.25, -0.2) is 0 Å². The summed E-state index contributed by atoms with van der Waals surface area (Å²) in [4.78, 5) is 13.7. The van der Waals surface area contributed by atoms with E-state index < -0.39 is 6.10 Å². The lowest BCUT2D eigenvalue weighted by molar-refractivity contribution is 0.0674. The minimum absolute atomic E-state index is 0.0290. The summed E-state index contributed by atoms with van der Waals surface area (Å²) in [5.74, 6) is 0.514. The fourth-order valence-corrected chi connectivity index (χ4v) is 2.35. The van der Waals surface area contributed by atoms with Gasteiger partial charge in [0.05, 0.1) is 5.56 Å². The number of para-hydroxylation sites is 1. The van der Waals surface area contributed by atoms with Crippen molar-refractivity contribution in [3.63, 3.8) is 0 Å². The molecule has 0 bridgehead atoms. The maximum Gasteiger partial charge on any atom is 0.163 e. The molecule has 0 fully saturated rings. The molecule has 1 rings (SSSR count). The summed E-state index contributed by atoms with van der Waals surface area (Å²) in [7, 11) is 0. The van der Waals surface area contributed by atoms with Gasteiger partial charge in [0.15, 0.2) is 5.78 Å². The van der Waals surface area contributed by atoms with Gasteiger partial charge >= 0.3 is 0 Å². The van der Waals surface area contributed by atoms with E-state index in [9.17, 15) is 9.90 Å². The van der Waals surface area contributed by atoms with Crippen LogP contribution in [0.5, 0.6) is 5.75 Å². The number of rotatable bonds is 10. The van der Waals surface area contributed by atoms with E-state index in [-0.39, 0.29) is 12.4 Å². The van der Waals surface area contributed by atoms with Gasteiger partial charge in [0.25, 0.3) is 0 Å². The monoisotopic (exact) mass is 293 g/mol. The summed E-state index contributed by atoms with van der Waals surface area (Å²) in [5, 5.41) is 10.1. The first-order valence-electron chi connectivity index (χ1n) is 7.71. The van der Waals surface area contributed by atoms with Crippen LogP contribution in [0.3, 0.4) is 0 Å². The molecule has 1 aromatic rings. The van der Waals surface area contributed by atoms with Crippen LogP contribution < -0.4 is 4.74 Å². The summed E-state index contributed by atoms with van der Waals surface area (Å²) < 4.78 is 5.62. The maximum atomic E-state index is 11.5. The van der Waals surface area contributed by atoms with Gasteiger partial charge in [0, 0.05) is 6.54 Å². The summed E-state index contributed by atoms with van der Waals surface area (Å²) >= 11 is 0. The molecule has 0 heterocycles. The van der Waals surface area contributed by atoms with Gasteiger partial charge in [-0.15, -0.1) is 0 Å². The van der Waals surface area contributed by atoms with Crippen molar-refractivity contribution in [1.82, 2.24) is 4.90 Å². The van der Waals surface area contributed by atoms with Crippen molar-refractivity contribution in [1.29, 1.82) is 0 Å². The number of aliphatic hydroxyl groups is 1. The third-order valence-corrected chi connectivity index (χ3v) is 3.25. The van der Waals surface area contributed by atoms with Gasteiger partial charge in [-0.05, 0) is 45.0 Å². The maximum absolute atomic E-state index is 11.5. The molecule has 0 aromatic heterocycles. The Morgan fingerprint density at radius 3 is 2.43 bits per heavy atom. The van der Waals surface area contributed by atoms with Crippen molar-refractivity contribution in [2.24, 2.45) is 0 Å². The number of hydrogen-bond donors (Lipinski definition) is 1. The van der Waals surface area contributed by atoms with Crippen LogP contribution in [0, 0.1) is 0 Å². The molecule has 0 aliphatic carbocycles. The molecule has 0 spiro atoms. The van der Waals surface area contributed by atoms with Crippen LogP contribution in [0.15, 0.2) is 24.3 Å². The van der Waals surface area contributed by atoms with Gasteiger partial charge in [-0.1, -0.05) is 26.0 Å². The molecular weight excluding hydrogens is 266 g/mol. The third-order valence-electron chi connectivity index (χ3n) is 3.25. The van der Waals surface area contributed by atoms with E-state index in [2.05, 4.69) is 18.7 Å². The molecule has 1 N–H and O–H groups in total. The van der Waals surface area contributed by atoms with E-state index in [1.165, 1.54) is 6.92 Å². The highest BCUT2D eigenvalue weighted by Crippen LogP contribution is 2.18. The molecule has 0 saturated carbocycles. The van der Waals surface area contributed by atoms with Crippen LogP contribution >= 0.6 is 0 Å². The zero-order valence-electron chi connectivity index (χ0n) is 13.3. The number of ketones is 1. The molecule has 0 radical (unpaired) electrons. The summed E-state index contributed by atoms with van der Waals surface area (Å²) in [6.45, 7) is 8.55. The van der Waals surface area contributed by atoms with Crippen molar-refractivity contribution in [3.8, 4) is 5.75 Å². The summed E-state index contributed by atoms with van der Waals surface area (Å²) in [5.41, 5.74) is 0.559. The molecule has 0 aliphatic rings. The smallest absolute Gasteiger partial charge is 0.163 e. The van der Waals surface area contributed by atoms with Crippen LogP contribution in [0.1, 0.15) is 44.0 Å². The first-order valence-corrected chi connectivity index (χ1v) is 7.71. The Hall–Kier alpha value is -1.39. The van der Waals surface area contributed by atoms with Crippen LogP contribution in [-0.2, 0) is 0 Å². The molecule has 0 amide bonds. The van der Waals surface area contributed by atoms with E-state index in [0.29, 0.717) is 17.9 Å². The highest BCUT2D eigenvalue weighted by atomic mass is 16.5. The van der Waals surface area contributed by atoms with Crippen molar-refractivity contribution < 1.29 is 14.6 Å². The van der Waals surface area contributed by atoms with Crippen LogP contribution in [0.25, 0.3) is 0 Å². The zero-order valence-corrected chi connectivity index (χ0v) is 13.3. The second-order valence-electron chi connectivity index (χ2n) is 5.32. The molecule has 1 unspecified atom stereocenters. The molecular formula is C17H27NO3. The lowest BCUT2D eigenvalue weighted by Crippen LogP contribution is -2.36.